The summed E-state index contributed by atoms with van der Waals surface area (Å²) in [6.45, 7) is 2.01. The van der Waals surface area contributed by atoms with Crippen molar-refractivity contribution in [1.29, 1.82) is 0 Å². The van der Waals surface area contributed by atoms with E-state index < -0.39 is 0 Å². The number of hydrogen-bond donors (Lipinski definition) is 1. The van der Waals surface area contributed by atoms with Gasteiger partial charge in [-0.2, -0.15) is 0 Å². The number of ether oxygens (including phenoxy) is 1. The van der Waals surface area contributed by atoms with Crippen molar-refractivity contribution >= 4 is 23.3 Å². The number of carbonyl (C=O) groups is 2. The maximum Gasteiger partial charge on any atom is 0.322 e. The average Bonchev–Trinajstić information content (AvgIpc) is 3.13. The fraction of sp³-hybridized carbons (Fsp3) is 0.333. The van der Waals surface area contributed by atoms with Gasteiger partial charge in [-0.05, 0) is 36.1 Å². The Labute approximate surface area is 158 Å². The van der Waals surface area contributed by atoms with Crippen LogP contribution < -0.4 is 15.0 Å². The second kappa shape index (κ2) is 7.31. The summed E-state index contributed by atoms with van der Waals surface area (Å²) in [5.74, 6) is 0.698. The number of urea groups is 1. The largest absolute Gasteiger partial charge is 0.494 e. The summed E-state index contributed by atoms with van der Waals surface area (Å²) in [5, 5.41) is 2.95. The van der Waals surface area contributed by atoms with Crippen molar-refractivity contribution in [3.05, 3.63) is 53.6 Å². The number of hydrogen-bond acceptors (Lipinski definition) is 3. The maximum atomic E-state index is 12.7. The monoisotopic (exact) mass is 365 g/mol. The molecule has 0 unspecified atom stereocenters. The van der Waals surface area contributed by atoms with Crippen LogP contribution in [0.2, 0.25) is 0 Å². The van der Waals surface area contributed by atoms with Crippen LogP contribution in [0.4, 0.5) is 16.2 Å². The van der Waals surface area contributed by atoms with Crippen molar-refractivity contribution in [2.24, 2.45) is 0 Å². The van der Waals surface area contributed by atoms with Gasteiger partial charge in [-0.1, -0.05) is 24.3 Å². The molecule has 2 aromatic carbocycles. The Balaban J connectivity index is 1.48. The Bertz CT molecular complexity index is 881. The van der Waals surface area contributed by atoms with Gasteiger partial charge in [0.25, 0.3) is 0 Å². The first kappa shape index (κ1) is 17.4. The van der Waals surface area contributed by atoms with Gasteiger partial charge in [0.15, 0.2) is 0 Å². The summed E-state index contributed by atoms with van der Waals surface area (Å²) in [5.41, 5.74) is 3.92. The highest BCUT2D eigenvalue weighted by Gasteiger charge is 2.25. The van der Waals surface area contributed by atoms with E-state index in [0.29, 0.717) is 37.5 Å². The van der Waals surface area contributed by atoms with E-state index in [4.69, 9.17) is 4.74 Å². The molecule has 1 fully saturated rings. The molecule has 2 aliphatic rings. The zero-order chi connectivity index (χ0) is 18.8. The third-order valence-electron chi connectivity index (χ3n) is 5.21. The Morgan fingerprint density at radius 1 is 1.07 bits per heavy atom. The molecule has 1 N–H and O–H groups in total. The molecule has 6 heteroatoms. The van der Waals surface area contributed by atoms with E-state index in [0.717, 1.165) is 18.5 Å². The van der Waals surface area contributed by atoms with E-state index in [9.17, 15) is 9.59 Å². The molecule has 0 atom stereocenters. The Morgan fingerprint density at radius 3 is 2.63 bits per heavy atom. The quantitative estimate of drug-likeness (QED) is 0.907. The predicted octanol–water partition coefficient (Wildman–Crippen LogP) is 3.41. The number of rotatable bonds is 3. The molecular formula is C21H23N3O3. The van der Waals surface area contributed by atoms with Gasteiger partial charge in [0.05, 0.1) is 12.8 Å². The highest BCUT2D eigenvalue weighted by Crippen LogP contribution is 2.34. The molecule has 6 nitrogen and oxygen atoms in total. The second-order valence-corrected chi connectivity index (χ2v) is 6.91. The molecule has 27 heavy (non-hydrogen) atoms. The number of anilines is 2. The third kappa shape index (κ3) is 3.47. The topological polar surface area (TPSA) is 61.9 Å². The van der Waals surface area contributed by atoms with Crippen LogP contribution in [0.25, 0.3) is 0 Å². The first-order valence-electron chi connectivity index (χ1n) is 9.27. The van der Waals surface area contributed by atoms with Crippen molar-refractivity contribution in [3.8, 4) is 5.75 Å². The third-order valence-corrected chi connectivity index (χ3v) is 5.21. The summed E-state index contributed by atoms with van der Waals surface area (Å²) in [7, 11) is 1.58. The standard InChI is InChI=1S/C21H23N3O3/c1-27-19-13-17(8-9-18(19)24-11-4-7-20(24)25)22-21(26)23-12-10-15-5-2-3-6-16(15)14-23/h2-3,5-6,8-9,13H,4,7,10-12,14H2,1H3,(H,22,26). The Kier molecular flexibility index (Phi) is 4.71. The number of benzene rings is 2. The SMILES string of the molecule is COc1cc(NC(=O)N2CCc3ccccc3C2)ccc1N1CCCC1=O. The number of amides is 3. The van der Waals surface area contributed by atoms with Gasteiger partial charge in [0, 0.05) is 37.8 Å². The minimum atomic E-state index is -0.128. The summed E-state index contributed by atoms with van der Waals surface area (Å²) >= 11 is 0. The molecule has 0 aliphatic carbocycles. The van der Waals surface area contributed by atoms with E-state index in [1.54, 1.807) is 18.1 Å². The molecule has 140 valence electrons. The first-order valence-corrected chi connectivity index (χ1v) is 9.27. The number of carbonyl (C=O) groups excluding carboxylic acids is 2. The van der Waals surface area contributed by atoms with Crippen molar-refractivity contribution in [2.45, 2.75) is 25.8 Å². The van der Waals surface area contributed by atoms with Crippen molar-refractivity contribution in [3.63, 3.8) is 0 Å². The number of nitrogens with zero attached hydrogens (tertiary/aromatic N) is 2. The number of nitrogens with one attached hydrogen (secondary N) is 1. The van der Waals surface area contributed by atoms with E-state index in [1.165, 1.54) is 11.1 Å². The molecule has 0 radical (unpaired) electrons. The smallest absolute Gasteiger partial charge is 0.322 e. The minimum Gasteiger partial charge on any atom is -0.494 e. The van der Waals surface area contributed by atoms with Gasteiger partial charge in [0.1, 0.15) is 5.75 Å². The zero-order valence-electron chi connectivity index (χ0n) is 15.4. The summed E-state index contributed by atoms with van der Waals surface area (Å²) < 4.78 is 5.46. The molecule has 0 saturated carbocycles. The lowest BCUT2D eigenvalue weighted by atomic mass is 10.0. The number of fused-ring (bicyclic) bond motifs is 1. The fourth-order valence-electron chi connectivity index (χ4n) is 3.75. The minimum absolute atomic E-state index is 0.108. The first-order chi connectivity index (χ1) is 13.2. The molecule has 0 bridgehead atoms. The molecule has 0 aromatic heterocycles. The van der Waals surface area contributed by atoms with Gasteiger partial charge in [-0.25, -0.2) is 4.79 Å². The van der Waals surface area contributed by atoms with Crippen LogP contribution >= 0.6 is 0 Å². The Hall–Kier alpha value is -3.02. The molecule has 2 aliphatic heterocycles. The zero-order valence-corrected chi connectivity index (χ0v) is 15.4. The molecule has 0 spiro atoms. The second-order valence-electron chi connectivity index (χ2n) is 6.91. The van der Waals surface area contributed by atoms with Crippen molar-refractivity contribution in [2.75, 3.05) is 30.4 Å². The fourth-order valence-corrected chi connectivity index (χ4v) is 3.75. The van der Waals surface area contributed by atoms with E-state index >= 15 is 0 Å². The van der Waals surface area contributed by atoms with E-state index in [1.807, 2.05) is 29.2 Å². The average molecular weight is 365 g/mol. The van der Waals surface area contributed by atoms with Crippen LogP contribution in [-0.4, -0.2) is 37.0 Å². The van der Waals surface area contributed by atoms with Crippen LogP contribution in [0.15, 0.2) is 42.5 Å². The maximum absolute atomic E-state index is 12.7. The lowest BCUT2D eigenvalue weighted by molar-refractivity contribution is -0.117. The molecule has 3 amide bonds. The summed E-state index contributed by atoms with van der Waals surface area (Å²) in [6, 6.07) is 13.5. The highest BCUT2D eigenvalue weighted by atomic mass is 16.5. The molecule has 2 aromatic rings. The lowest BCUT2D eigenvalue weighted by Crippen LogP contribution is -2.38. The van der Waals surface area contributed by atoms with Gasteiger partial charge < -0.3 is 19.9 Å². The van der Waals surface area contributed by atoms with Crippen LogP contribution in [0, 0.1) is 0 Å². The van der Waals surface area contributed by atoms with Crippen LogP contribution in [0.5, 0.6) is 5.75 Å². The summed E-state index contributed by atoms with van der Waals surface area (Å²) in [6.07, 6.45) is 2.29. The van der Waals surface area contributed by atoms with Crippen LogP contribution in [0.1, 0.15) is 24.0 Å². The van der Waals surface area contributed by atoms with Gasteiger partial charge in [-0.3, -0.25) is 4.79 Å². The molecule has 1 saturated heterocycles. The Morgan fingerprint density at radius 2 is 1.89 bits per heavy atom. The van der Waals surface area contributed by atoms with Gasteiger partial charge in [-0.15, -0.1) is 0 Å². The molecule has 2 heterocycles. The van der Waals surface area contributed by atoms with Gasteiger partial charge >= 0.3 is 6.03 Å². The summed E-state index contributed by atoms with van der Waals surface area (Å²) in [4.78, 5) is 28.2. The van der Waals surface area contributed by atoms with E-state index in [2.05, 4.69) is 17.4 Å². The highest BCUT2D eigenvalue weighted by molar-refractivity contribution is 5.97. The van der Waals surface area contributed by atoms with Crippen molar-refractivity contribution in [1.82, 2.24) is 4.90 Å². The molecule has 4 rings (SSSR count). The van der Waals surface area contributed by atoms with Crippen LogP contribution in [-0.2, 0) is 17.8 Å². The lowest BCUT2D eigenvalue weighted by Gasteiger charge is -2.29. The predicted molar refractivity (Wildman–Crippen MR) is 104 cm³/mol. The van der Waals surface area contributed by atoms with E-state index in [-0.39, 0.29) is 11.9 Å². The van der Waals surface area contributed by atoms with Crippen LogP contribution in [0.3, 0.4) is 0 Å². The molecular weight excluding hydrogens is 342 g/mol. The normalized spacial score (nSPS) is 16.3. The van der Waals surface area contributed by atoms with Gasteiger partial charge in [0.2, 0.25) is 5.91 Å². The van der Waals surface area contributed by atoms with Crippen molar-refractivity contribution < 1.29 is 14.3 Å². The number of methoxy groups -OCH3 is 1.